The predicted octanol–water partition coefficient (Wildman–Crippen LogP) is 4.67. The standard InChI is InChI=1S/C16H13BrN2OS/c1-10-9-19-14(11(2)18-16(19)21-10)6-7-15(20)12-4-3-5-13(17)8-12/h3-9H,1-2H3/b7-6+. The van der Waals surface area contributed by atoms with E-state index in [0.29, 0.717) is 5.56 Å². The SMILES string of the molecule is Cc1cn2c(/C=C/C(=O)c3cccc(Br)c3)c(C)nc2s1. The lowest BCUT2D eigenvalue weighted by atomic mass is 10.1. The van der Waals surface area contributed by atoms with Gasteiger partial charge in [-0.2, -0.15) is 0 Å². The van der Waals surface area contributed by atoms with Gasteiger partial charge in [-0.3, -0.25) is 9.20 Å². The molecule has 5 heteroatoms. The van der Waals surface area contributed by atoms with E-state index in [1.165, 1.54) is 4.88 Å². The summed E-state index contributed by atoms with van der Waals surface area (Å²) in [7, 11) is 0. The van der Waals surface area contributed by atoms with E-state index in [4.69, 9.17) is 0 Å². The van der Waals surface area contributed by atoms with Crippen LogP contribution >= 0.6 is 27.3 Å². The molecule has 0 spiro atoms. The number of aryl methyl sites for hydroxylation is 2. The van der Waals surface area contributed by atoms with Crippen molar-refractivity contribution in [2.45, 2.75) is 13.8 Å². The molecule has 21 heavy (non-hydrogen) atoms. The van der Waals surface area contributed by atoms with Crippen LogP contribution in [-0.4, -0.2) is 15.2 Å². The van der Waals surface area contributed by atoms with Crippen LogP contribution in [0.5, 0.6) is 0 Å². The Morgan fingerprint density at radius 2 is 2.19 bits per heavy atom. The number of hydrogen-bond donors (Lipinski definition) is 0. The number of benzene rings is 1. The Labute approximate surface area is 135 Å². The Morgan fingerprint density at radius 3 is 2.95 bits per heavy atom. The largest absolute Gasteiger partial charge is 0.290 e. The average Bonchev–Trinajstić information content (AvgIpc) is 2.91. The van der Waals surface area contributed by atoms with Crippen LogP contribution in [0.25, 0.3) is 11.0 Å². The summed E-state index contributed by atoms with van der Waals surface area (Å²) in [5.41, 5.74) is 2.55. The topological polar surface area (TPSA) is 34.4 Å². The van der Waals surface area contributed by atoms with Crippen LogP contribution in [0.2, 0.25) is 0 Å². The highest BCUT2D eigenvalue weighted by Crippen LogP contribution is 2.22. The van der Waals surface area contributed by atoms with Crippen LogP contribution in [0.3, 0.4) is 0 Å². The first-order valence-corrected chi connectivity index (χ1v) is 8.08. The van der Waals surface area contributed by atoms with E-state index in [1.54, 1.807) is 17.4 Å². The third-order valence-electron chi connectivity index (χ3n) is 3.16. The van der Waals surface area contributed by atoms with Gasteiger partial charge in [-0.15, -0.1) is 11.3 Å². The summed E-state index contributed by atoms with van der Waals surface area (Å²) in [5, 5.41) is 0. The molecular weight excluding hydrogens is 348 g/mol. The maximum atomic E-state index is 12.2. The quantitative estimate of drug-likeness (QED) is 0.502. The fourth-order valence-electron chi connectivity index (χ4n) is 2.17. The highest BCUT2D eigenvalue weighted by atomic mass is 79.9. The van der Waals surface area contributed by atoms with Crippen molar-refractivity contribution in [3.05, 3.63) is 62.8 Å². The molecule has 3 nitrogen and oxygen atoms in total. The minimum atomic E-state index is -0.0161. The minimum absolute atomic E-state index is 0.0161. The van der Waals surface area contributed by atoms with Crippen molar-refractivity contribution in [3.8, 4) is 0 Å². The minimum Gasteiger partial charge on any atom is -0.290 e. The number of hydrogen-bond acceptors (Lipinski definition) is 3. The number of imidazole rings is 1. The summed E-state index contributed by atoms with van der Waals surface area (Å²) in [6.07, 6.45) is 5.49. The Balaban J connectivity index is 1.94. The smallest absolute Gasteiger partial charge is 0.194 e. The van der Waals surface area contributed by atoms with Gasteiger partial charge < -0.3 is 0 Å². The Kier molecular flexibility index (Phi) is 3.78. The number of thiazole rings is 1. The van der Waals surface area contributed by atoms with Crippen LogP contribution < -0.4 is 0 Å². The Morgan fingerprint density at radius 1 is 1.38 bits per heavy atom. The number of halogens is 1. The summed E-state index contributed by atoms with van der Waals surface area (Å²) in [6.45, 7) is 4.01. The molecule has 0 aliphatic rings. The van der Waals surface area contributed by atoms with Gasteiger partial charge in [0.15, 0.2) is 10.7 Å². The van der Waals surface area contributed by atoms with E-state index in [1.807, 2.05) is 47.9 Å². The van der Waals surface area contributed by atoms with Crippen molar-refractivity contribution < 1.29 is 4.79 Å². The van der Waals surface area contributed by atoms with Gasteiger partial charge in [0.25, 0.3) is 0 Å². The highest BCUT2D eigenvalue weighted by Gasteiger charge is 2.09. The number of rotatable bonds is 3. The van der Waals surface area contributed by atoms with Crippen molar-refractivity contribution in [1.82, 2.24) is 9.38 Å². The third-order valence-corrected chi connectivity index (χ3v) is 4.56. The highest BCUT2D eigenvalue weighted by molar-refractivity contribution is 9.10. The molecule has 0 unspecified atom stereocenters. The van der Waals surface area contributed by atoms with E-state index >= 15 is 0 Å². The van der Waals surface area contributed by atoms with E-state index in [-0.39, 0.29) is 5.78 Å². The number of ketones is 1. The van der Waals surface area contributed by atoms with E-state index in [2.05, 4.69) is 27.8 Å². The van der Waals surface area contributed by atoms with Gasteiger partial charge in [0, 0.05) is 21.1 Å². The lowest BCUT2D eigenvalue weighted by molar-refractivity contribution is 0.104. The van der Waals surface area contributed by atoms with Crippen molar-refractivity contribution in [1.29, 1.82) is 0 Å². The summed E-state index contributed by atoms with van der Waals surface area (Å²) >= 11 is 5.02. The van der Waals surface area contributed by atoms with Gasteiger partial charge in [-0.1, -0.05) is 28.1 Å². The molecule has 2 heterocycles. The molecule has 0 N–H and O–H groups in total. The van der Waals surface area contributed by atoms with Crippen LogP contribution in [0, 0.1) is 13.8 Å². The van der Waals surface area contributed by atoms with Gasteiger partial charge in [0.1, 0.15) is 0 Å². The molecule has 0 saturated heterocycles. The number of nitrogens with zero attached hydrogens (tertiary/aromatic N) is 2. The van der Waals surface area contributed by atoms with E-state index in [0.717, 1.165) is 20.8 Å². The summed E-state index contributed by atoms with van der Waals surface area (Å²) in [5.74, 6) is -0.0161. The molecule has 0 fully saturated rings. The first-order valence-electron chi connectivity index (χ1n) is 6.47. The van der Waals surface area contributed by atoms with Gasteiger partial charge in [0.2, 0.25) is 0 Å². The molecular formula is C16H13BrN2OS. The number of aromatic nitrogens is 2. The predicted molar refractivity (Wildman–Crippen MR) is 90.0 cm³/mol. The fraction of sp³-hybridized carbons (Fsp3) is 0.125. The van der Waals surface area contributed by atoms with Crippen molar-refractivity contribution in [3.63, 3.8) is 0 Å². The van der Waals surface area contributed by atoms with Gasteiger partial charge in [-0.05, 0) is 38.1 Å². The van der Waals surface area contributed by atoms with Gasteiger partial charge >= 0.3 is 0 Å². The second-order valence-corrected chi connectivity index (χ2v) is 6.91. The molecule has 0 amide bonds. The third kappa shape index (κ3) is 2.84. The summed E-state index contributed by atoms with van der Waals surface area (Å²) in [4.78, 5) is 18.9. The molecule has 0 aliphatic carbocycles. The molecule has 0 aliphatic heterocycles. The number of carbonyl (C=O) groups excluding carboxylic acids is 1. The van der Waals surface area contributed by atoms with E-state index < -0.39 is 0 Å². The summed E-state index contributed by atoms with van der Waals surface area (Å²) in [6, 6.07) is 7.39. The molecule has 0 bridgehead atoms. The first-order chi connectivity index (χ1) is 10.0. The zero-order valence-electron chi connectivity index (χ0n) is 11.6. The summed E-state index contributed by atoms with van der Waals surface area (Å²) < 4.78 is 2.93. The van der Waals surface area contributed by atoms with Crippen LogP contribution in [0.4, 0.5) is 0 Å². The lowest BCUT2D eigenvalue weighted by Crippen LogP contribution is -1.94. The van der Waals surface area contributed by atoms with Gasteiger partial charge in [-0.25, -0.2) is 4.98 Å². The van der Waals surface area contributed by atoms with Gasteiger partial charge in [0.05, 0.1) is 11.4 Å². The van der Waals surface area contributed by atoms with Crippen molar-refractivity contribution in [2.75, 3.05) is 0 Å². The molecule has 1 aromatic carbocycles. The molecule has 106 valence electrons. The normalized spacial score (nSPS) is 11.6. The monoisotopic (exact) mass is 360 g/mol. The Bertz CT molecular complexity index is 860. The van der Waals surface area contributed by atoms with Crippen LogP contribution in [-0.2, 0) is 0 Å². The molecule has 0 atom stereocenters. The molecule has 3 aromatic rings. The number of carbonyl (C=O) groups is 1. The van der Waals surface area contributed by atoms with Crippen LogP contribution in [0.15, 0.2) is 41.0 Å². The molecule has 2 aromatic heterocycles. The molecule has 0 saturated carbocycles. The first kappa shape index (κ1) is 14.2. The number of allylic oxidation sites excluding steroid dienone is 1. The van der Waals surface area contributed by atoms with Crippen molar-refractivity contribution >= 4 is 44.1 Å². The second kappa shape index (κ2) is 5.58. The maximum Gasteiger partial charge on any atom is 0.194 e. The Hall–Kier alpha value is -1.72. The van der Waals surface area contributed by atoms with Crippen LogP contribution in [0.1, 0.15) is 26.6 Å². The second-order valence-electron chi connectivity index (χ2n) is 4.78. The zero-order valence-corrected chi connectivity index (χ0v) is 14.0. The number of fused-ring (bicyclic) bond motifs is 1. The van der Waals surface area contributed by atoms with Crippen molar-refractivity contribution in [2.24, 2.45) is 0 Å². The lowest BCUT2D eigenvalue weighted by Gasteiger charge is -1.97. The van der Waals surface area contributed by atoms with E-state index in [9.17, 15) is 4.79 Å². The fourth-order valence-corrected chi connectivity index (χ4v) is 3.45. The molecule has 3 rings (SSSR count). The molecule has 0 radical (unpaired) electrons. The zero-order chi connectivity index (χ0) is 15.0. The average molecular weight is 361 g/mol. The maximum absolute atomic E-state index is 12.2.